The quantitative estimate of drug-likeness (QED) is 0.293. The van der Waals surface area contributed by atoms with Crippen molar-refractivity contribution in [2.75, 3.05) is 13.2 Å². The Hall–Kier alpha value is -3.44. The predicted molar refractivity (Wildman–Crippen MR) is 144 cm³/mol. The van der Waals surface area contributed by atoms with Crippen molar-refractivity contribution in [1.82, 2.24) is 5.01 Å². The maximum atomic E-state index is 13.5. The third kappa shape index (κ3) is 6.41. The SMILES string of the molecule is CCC1(COCc2ccccc2)CC(c2cc(C)cc(C)c2)=NN1C(=O)CCCOc1ccccc1. The second-order valence-electron chi connectivity index (χ2n) is 9.63. The first-order valence-corrected chi connectivity index (χ1v) is 12.8. The van der Waals surface area contributed by atoms with Gasteiger partial charge >= 0.3 is 0 Å². The van der Waals surface area contributed by atoms with E-state index in [-0.39, 0.29) is 5.91 Å². The van der Waals surface area contributed by atoms with Gasteiger partial charge in [-0.3, -0.25) is 4.79 Å². The maximum absolute atomic E-state index is 13.5. The van der Waals surface area contributed by atoms with Gasteiger partial charge in [0.25, 0.3) is 0 Å². The van der Waals surface area contributed by atoms with Crippen molar-refractivity contribution >= 4 is 11.6 Å². The first-order valence-electron chi connectivity index (χ1n) is 12.8. The van der Waals surface area contributed by atoms with Crippen LogP contribution in [0.25, 0.3) is 0 Å². The number of hydrogen-bond acceptors (Lipinski definition) is 4. The van der Waals surface area contributed by atoms with E-state index in [0.717, 1.165) is 29.0 Å². The molecule has 36 heavy (non-hydrogen) atoms. The van der Waals surface area contributed by atoms with Crippen LogP contribution in [0.1, 0.15) is 54.9 Å². The van der Waals surface area contributed by atoms with E-state index in [1.165, 1.54) is 11.1 Å². The summed E-state index contributed by atoms with van der Waals surface area (Å²) in [6.45, 7) is 7.73. The molecular formula is C31H36N2O3. The zero-order chi connectivity index (χ0) is 25.4. The van der Waals surface area contributed by atoms with Crippen LogP contribution >= 0.6 is 0 Å². The van der Waals surface area contributed by atoms with Crippen LogP contribution in [0, 0.1) is 13.8 Å². The largest absolute Gasteiger partial charge is 0.494 e. The van der Waals surface area contributed by atoms with E-state index >= 15 is 0 Å². The molecule has 0 N–H and O–H groups in total. The lowest BCUT2D eigenvalue weighted by Gasteiger charge is -2.35. The summed E-state index contributed by atoms with van der Waals surface area (Å²) in [7, 11) is 0. The summed E-state index contributed by atoms with van der Waals surface area (Å²) in [5, 5.41) is 6.62. The van der Waals surface area contributed by atoms with Crippen molar-refractivity contribution in [3.05, 3.63) is 101 Å². The monoisotopic (exact) mass is 484 g/mol. The van der Waals surface area contributed by atoms with Crippen LogP contribution in [-0.4, -0.2) is 35.4 Å². The van der Waals surface area contributed by atoms with Crippen LogP contribution in [0.2, 0.25) is 0 Å². The Morgan fingerprint density at radius 3 is 2.31 bits per heavy atom. The van der Waals surface area contributed by atoms with Crippen molar-refractivity contribution in [1.29, 1.82) is 0 Å². The highest BCUT2D eigenvalue weighted by atomic mass is 16.5. The third-order valence-corrected chi connectivity index (χ3v) is 6.64. The first kappa shape index (κ1) is 25.6. The number of hydrazone groups is 1. The van der Waals surface area contributed by atoms with Crippen LogP contribution < -0.4 is 4.74 Å². The smallest absolute Gasteiger partial charge is 0.243 e. The fourth-order valence-electron chi connectivity index (χ4n) is 4.73. The normalized spacial score (nSPS) is 17.2. The molecule has 0 bridgehead atoms. The number of carbonyl (C=O) groups is 1. The van der Waals surface area contributed by atoms with Gasteiger partial charge < -0.3 is 9.47 Å². The maximum Gasteiger partial charge on any atom is 0.243 e. The number of benzene rings is 3. The molecule has 5 nitrogen and oxygen atoms in total. The number of carbonyl (C=O) groups excluding carboxylic acids is 1. The lowest BCUT2D eigenvalue weighted by molar-refractivity contribution is -0.140. The highest BCUT2D eigenvalue weighted by Gasteiger charge is 2.45. The van der Waals surface area contributed by atoms with E-state index in [9.17, 15) is 4.79 Å². The van der Waals surface area contributed by atoms with Crippen LogP contribution in [0.4, 0.5) is 0 Å². The minimum atomic E-state index is -0.501. The zero-order valence-corrected chi connectivity index (χ0v) is 21.6. The molecule has 1 amide bonds. The van der Waals surface area contributed by atoms with E-state index < -0.39 is 5.54 Å². The Bertz CT molecular complexity index is 1160. The minimum Gasteiger partial charge on any atom is -0.494 e. The summed E-state index contributed by atoms with van der Waals surface area (Å²) in [6, 6.07) is 26.3. The molecule has 188 valence electrons. The average Bonchev–Trinajstić information content (AvgIpc) is 3.27. The van der Waals surface area contributed by atoms with Crippen molar-refractivity contribution in [3.8, 4) is 5.75 Å². The van der Waals surface area contributed by atoms with E-state index in [1.807, 2.05) is 48.5 Å². The minimum absolute atomic E-state index is 0.0104. The fraction of sp³-hybridized carbons (Fsp3) is 0.355. The molecule has 1 aliphatic heterocycles. The molecule has 0 spiro atoms. The molecule has 4 rings (SSSR count). The van der Waals surface area contributed by atoms with E-state index in [0.29, 0.717) is 39.1 Å². The van der Waals surface area contributed by atoms with Crippen molar-refractivity contribution in [2.45, 2.75) is 58.6 Å². The molecule has 0 aromatic heterocycles. The van der Waals surface area contributed by atoms with Crippen molar-refractivity contribution < 1.29 is 14.3 Å². The first-order chi connectivity index (χ1) is 17.5. The summed E-state index contributed by atoms with van der Waals surface area (Å²) < 4.78 is 12.0. The summed E-state index contributed by atoms with van der Waals surface area (Å²) in [6.07, 6.45) is 2.43. The van der Waals surface area contributed by atoms with Gasteiger partial charge in [0, 0.05) is 12.8 Å². The lowest BCUT2D eigenvalue weighted by Crippen LogP contribution is -2.49. The van der Waals surface area contributed by atoms with Crippen LogP contribution in [0.3, 0.4) is 0 Å². The second-order valence-corrected chi connectivity index (χ2v) is 9.63. The van der Waals surface area contributed by atoms with E-state index in [4.69, 9.17) is 14.6 Å². The molecule has 0 fully saturated rings. The number of nitrogens with zero attached hydrogens (tertiary/aromatic N) is 2. The molecule has 1 aliphatic rings. The molecule has 5 heteroatoms. The fourth-order valence-corrected chi connectivity index (χ4v) is 4.73. The van der Waals surface area contributed by atoms with Gasteiger partial charge in [-0.15, -0.1) is 0 Å². The van der Waals surface area contributed by atoms with Gasteiger partial charge in [-0.25, -0.2) is 5.01 Å². The van der Waals surface area contributed by atoms with Gasteiger partial charge in [0.15, 0.2) is 0 Å². The lowest BCUT2D eigenvalue weighted by atomic mass is 9.88. The Morgan fingerprint density at radius 2 is 1.64 bits per heavy atom. The van der Waals surface area contributed by atoms with Crippen molar-refractivity contribution in [2.24, 2.45) is 5.10 Å². The second kappa shape index (κ2) is 12.0. The summed E-state index contributed by atoms with van der Waals surface area (Å²) in [5.41, 5.74) is 5.03. The van der Waals surface area contributed by atoms with Crippen LogP contribution in [-0.2, 0) is 16.1 Å². The number of rotatable bonds is 11. The van der Waals surface area contributed by atoms with Gasteiger partial charge in [-0.05, 0) is 49.9 Å². The average molecular weight is 485 g/mol. The van der Waals surface area contributed by atoms with Crippen molar-refractivity contribution in [3.63, 3.8) is 0 Å². The Morgan fingerprint density at radius 1 is 0.972 bits per heavy atom. The summed E-state index contributed by atoms with van der Waals surface area (Å²) >= 11 is 0. The van der Waals surface area contributed by atoms with Gasteiger partial charge in [-0.1, -0.05) is 84.8 Å². The topological polar surface area (TPSA) is 51.1 Å². The number of amides is 1. The molecule has 3 aromatic carbocycles. The highest BCUT2D eigenvalue weighted by molar-refractivity contribution is 6.04. The van der Waals surface area contributed by atoms with Crippen LogP contribution in [0.5, 0.6) is 5.75 Å². The molecule has 1 heterocycles. The molecule has 3 aromatic rings. The number of hydrogen-bond donors (Lipinski definition) is 0. The number of ether oxygens (including phenoxy) is 2. The molecular weight excluding hydrogens is 448 g/mol. The van der Waals surface area contributed by atoms with Gasteiger partial charge in [0.1, 0.15) is 5.75 Å². The summed E-state index contributed by atoms with van der Waals surface area (Å²) in [5.74, 6) is 0.828. The zero-order valence-electron chi connectivity index (χ0n) is 21.6. The summed E-state index contributed by atoms with van der Waals surface area (Å²) in [4.78, 5) is 13.5. The molecule has 0 saturated carbocycles. The van der Waals surface area contributed by atoms with E-state index in [1.54, 1.807) is 5.01 Å². The Kier molecular flexibility index (Phi) is 8.55. The standard InChI is InChI=1S/C31H36N2O3/c1-4-31(23-35-22-26-12-7-5-8-13-26)21-29(27-19-24(2)18-25(3)20-27)32-33(31)30(34)16-11-17-36-28-14-9-6-10-15-28/h5-10,12-15,18-20H,4,11,16-17,21-23H2,1-3H3. The molecule has 0 saturated heterocycles. The number of para-hydroxylation sites is 1. The number of aryl methyl sites for hydroxylation is 2. The van der Waals surface area contributed by atoms with Crippen LogP contribution in [0.15, 0.2) is 84.0 Å². The Balaban J connectivity index is 1.48. The van der Waals surface area contributed by atoms with Gasteiger partial charge in [-0.2, -0.15) is 5.10 Å². The van der Waals surface area contributed by atoms with Gasteiger partial charge in [0.05, 0.1) is 31.1 Å². The predicted octanol–water partition coefficient (Wildman–Crippen LogP) is 6.46. The molecule has 1 atom stereocenters. The van der Waals surface area contributed by atoms with Gasteiger partial charge in [0.2, 0.25) is 5.91 Å². The Labute approximate surface area is 214 Å². The third-order valence-electron chi connectivity index (χ3n) is 6.64. The molecule has 0 radical (unpaired) electrons. The molecule has 0 aliphatic carbocycles. The molecule has 1 unspecified atom stereocenters. The highest BCUT2D eigenvalue weighted by Crippen LogP contribution is 2.35. The van der Waals surface area contributed by atoms with E-state index in [2.05, 4.69) is 51.1 Å².